The number of rotatable bonds is 6. The molecule has 1 fully saturated rings. The van der Waals surface area contributed by atoms with Gasteiger partial charge in [-0.05, 0) is 44.6 Å². The van der Waals surface area contributed by atoms with Gasteiger partial charge in [0.2, 0.25) is 0 Å². The predicted molar refractivity (Wildman–Crippen MR) is 108 cm³/mol. The summed E-state index contributed by atoms with van der Waals surface area (Å²) < 4.78 is 9.10. The Kier molecular flexibility index (Phi) is 5.99. The van der Waals surface area contributed by atoms with E-state index in [4.69, 9.17) is 32.7 Å². The second-order valence-electron chi connectivity index (χ2n) is 7.61. The molecule has 1 heterocycles. The summed E-state index contributed by atoms with van der Waals surface area (Å²) in [6, 6.07) is 0. The van der Waals surface area contributed by atoms with Gasteiger partial charge in [0.1, 0.15) is 14.7 Å². The number of anilines is 1. The van der Waals surface area contributed by atoms with Crippen molar-refractivity contribution in [1.29, 1.82) is 0 Å². The Bertz CT molecular complexity index is 821. The fraction of sp³-hybridized carbons (Fsp3) is 0.632. The van der Waals surface area contributed by atoms with Crippen LogP contribution >= 0.6 is 34.5 Å². The Morgan fingerprint density at radius 1 is 1.29 bits per heavy atom. The molecule has 2 aliphatic rings. The lowest BCUT2D eigenvalue weighted by Gasteiger charge is -2.18. The molecule has 6 nitrogen and oxygen atoms in total. The molecule has 154 valence electrons. The number of fused-ring (bicyclic) bond motifs is 1. The number of hydrogen-bond donors (Lipinski definition) is 1. The molecule has 9 heteroatoms. The molecule has 3 rings (SSSR count). The number of hydrogen-bond acceptors (Lipinski definition) is 6. The summed E-state index contributed by atoms with van der Waals surface area (Å²) in [5, 5.41) is 3.15. The van der Waals surface area contributed by atoms with Crippen molar-refractivity contribution in [3.05, 3.63) is 16.0 Å². The van der Waals surface area contributed by atoms with E-state index in [1.54, 1.807) is 13.8 Å². The van der Waals surface area contributed by atoms with E-state index in [2.05, 4.69) is 12.2 Å². The second-order valence-corrected chi connectivity index (χ2v) is 10.2. The lowest BCUT2D eigenvalue weighted by atomic mass is 9.88. The van der Waals surface area contributed by atoms with Gasteiger partial charge in [-0.2, -0.15) is 0 Å². The fourth-order valence-electron chi connectivity index (χ4n) is 3.33. The standard InChI is InChI=1S/C19H23Cl2NO5S/c1-4-26-16(24)14-11-6-5-10(2)7-12(11)28-15(14)22-13(23)8-27-17(25)18(3)9-19(18,20)21/h10H,4-9H2,1-3H3,(H,22,23)/t10-,18+/m1/s1. The van der Waals surface area contributed by atoms with Crippen molar-refractivity contribution in [2.45, 2.75) is 50.8 Å². The van der Waals surface area contributed by atoms with E-state index in [0.717, 1.165) is 29.7 Å². The molecular weight excluding hydrogens is 425 g/mol. The average molecular weight is 448 g/mol. The molecule has 1 amide bonds. The van der Waals surface area contributed by atoms with E-state index < -0.39 is 34.2 Å². The maximum atomic E-state index is 12.5. The molecule has 0 radical (unpaired) electrons. The highest BCUT2D eigenvalue weighted by Crippen LogP contribution is 2.64. The third-order valence-electron chi connectivity index (χ3n) is 5.29. The third kappa shape index (κ3) is 4.02. The van der Waals surface area contributed by atoms with Gasteiger partial charge < -0.3 is 14.8 Å². The van der Waals surface area contributed by atoms with Crippen LogP contribution in [0, 0.1) is 11.3 Å². The number of halogens is 2. The highest BCUT2D eigenvalue weighted by atomic mass is 35.5. The van der Waals surface area contributed by atoms with Gasteiger partial charge in [0.05, 0.1) is 12.2 Å². The summed E-state index contributed by atoms with van der Waals surface area (Å²) in [6.07, 6.45) is 2.91. The van der Waals surface area contributed by atoms with Crippen LogP contribution in [-0.4, -0.2) is 35.4 Å². The normalized spacial score (nSPS) is 24.8. The Hall–Kier alpha value is -1.31. The SMILES string of the molecule is CCOC(=O)c1c(NC(=O)COC(=O)[C@]2(C)CC2(Cl)Cl)sc2c1CC[C@@H](C)C2. The van der Waals surface area contributed by atoms with Gasteiger partial charge in [-0.3, -0.25) is 9.59 Å². The number of esters is 2. The van der Waals surface area contributed by atoms with Gasteiger partial charge in [0.25, 0.3) is 5.91 Å². The molecule has 0 aliphatic heterocycles. The van der Waals surface area contributed by atoms with Gasteiger partial charge in [-0.1, -0.05) is 6.92 Å². The summed E-state index contributed by atoms with van der Waals surface area (Å²) in [7, 11) is 0. The number of alkyl halides is 2. The van der Waals surface area contributed by atoms with Crippen molar-refractivity contribution < 1.29 is 23.9 Å². The summed E-state index contributed by atoms with van der Waals surface area (Å²) in [6.45, 7) is 5.28. The average Bonchev–Trinajstić information content (AvgIpc) is 2.96. The van der Waals surface area contributed by atoms with E-state index in [1.165, 1.54) is 11.3 Å². The molecule has 1 saturated carbocycles. The molecule has 0 unspecified atom stereocenters. The first kappa shape index (κ1) is 21.4. The Morgan fingerprint density at radius 3 is 2.57 bits per heavy atom. The van der Waals surface area contributed by atoms with Gasteiger partial charge in [-0.25, -0.2) is 4.79 Å². The summed E-state index contributed by atoms with van der Waals surface area (Å²) >= 11 is 13.3. The first-order chi connectivity index (χ1) is 13.1. The molecule has 0 aromatic carbocycles. The van der Waals surface area contributed by atoms with Crippen LogP contribution in [0.15, 0.2) is 0 Å². The van der Waals surface area contributed by atoms with Crippen LogP contribution < -0.4 is 5.32 Å². The molecule has 0 saturated heterocycles. The first-order valence-corrected chi connectivity index (χ1v) is 10.8. The summed E-state index contributed by atoms with van der Waals surface area (Å²) in [4.78, 5) is 38.0. The Morgan fingerprint density at radius 2 is 1.96 bits per heavy atom. The van der Waals surface area contributed by atoms with E-state index in [9.17, 15) is 14.4 Å². The number of carbonyl (C=O) groups excluding carboxylic acids is 3. The highest BCUT2D eigenvalue weighted by Gasteiger charge is 2.69. The van der Waals surface area contributed by atoms with Crippen molar-refractivity contribution in [2.24, 2.45) is 11.3 Å². The number of amides is 1. The topological polar surface area (TPSA) is 81.7 Å². The minimum absolute atomic E-state index is 0.252. The highest BCUT2D eigenvalue weighted by molar-refractivity contribution is 7.17. The Labute approximate surface area is 177 Å². The predicted octanol–water partition coefficient (Wildman–Crippen LogP) is 4.12. The first-order valence-electron chi connectivity index (χ1n) is 9.25. The molecule has 1 aromatic heterocycles. The maximum Gasteiger partial charge on any atom is 0.341 e. The van der Waals surface area contributed by atoms with Crippen LogP contribution in [0.1, 0.15) is 54.4 Å². The van der Waals surface area contributed by atoms with E-state index in [-0.39, 0.29) is 13.0 Å². The molecule has 2 atom stereocenters. The van der Waals surface area contributed by atoms with Crippen LogP contribution in [0.4, 0.5) is 5.00 Å². The van der Waals surface area contributed by atoms with E-state index in [0.29, 0.717) is 16.5 Å². The minimum atomic E-state index is -1.15. The van der Waals surface area contributed by atoms with Gasteiger partial charge in [-0.15, -0.1) is 34.5 Å². The van der Waals surface area contributed by atoms with Crippen LogP contribution in [0.5, 0.6) is 0 Å². The van der Waals surface area contributed by atoms with Gasteiger partial charge >= 0.3 is 11.9 Å². The molecular formula is C19H23Cl2NO5S. The fourth-order valence-corrected chi connectivity index (χ4v) is 5.44. The lowest BCUT2D eigenvalue weighted by Crippen LogP contribution is -2.27. The summed E-state index contributed by atoms with van der Waals surface area (Å²) in [5.74, 6) is -1.06. The van der Waals surface area contributed by atoms with Crippen molar-refractivity contribution in [3.8, 4) is 0 Å². The van der Waals surface area contributed by atoms with Crippen molar-refractivity contribution in [3.63, 3.8) is 0 Å². The van der Waals surface area contributed by atoms with E-state index in [1.807, 2.05) is 0 Å². The maximum absolute atomic E-state index is 12.5. The molecule has 0 bridgehead atoms. The molecule has 1 aromatic rings. The second kappa shape index (κ2) is 7.84. The monoisotopic (exact) mass is 447 g/mol. The van der Waals surface area contributed by atoms with Crippen molar-refractivity contribution in [1.82, 2.24) is 0 Å². The third-order valence-corrected chi connectivity index (χ3v) is 7.56. The number of thiophene rings is 1. The largest absolute Gasteiger partial charge is 0.462 e. The molecule has 1 N–H and O–H groups in total. The minimum Gasteiger partial charge on any atom is -0.462 e. The molecule has 28 heavy (non-hydrogen) atoms. The number of carbonyl (C=O) groups is 3. The van der Waals surface area contributed by atoms with Gasteiger partial charge in [0, 0.05) is 11.3 Å². The number of ether oxygens (including phenoxy) is 2. The zero-order valence-corrected chi connectivity index (χ0v) is 18.4. The van der Waals surface area contributed by atoms with Crippen LogP contribution in [0.25, 0.3) is 0 Å². The lowest BCUT2D eigenvalue weighted by molar-refractivity contribution is -0.152. The quantitative estimate of drug-likeness (QED) is 0.523. The summed E-state index contributed by atoms with van der Waals surface area (Å²) in [5.41, 5.74) is 0.376. The smallest absolute Gasteiger partial charge is 0.341 e. The molecule has 0 spiro atoms. The van der Waals surface area contributed by atoms with Crippen LogP contribution in [0.2, 0.25) is 0 Å². The van der Waals surface area contributed by atoms with Crippen molar-refractivity contribution in [2.75, 3.05) is 18.5 Å². The zero-order chi connectivity index (χ0) is 20.7. The Balaban J connectivity index is 1.70. The van der Waals surface area contributed by atoms with Crippen LogP contribution in [-0.2, 0) is 31.9 Å². The van der Waals surface area contributed by atoms with Crippen molar-refractivity contribution >= 4 is 57.4 Å². The van der Waals surface area contributed by atoms with Gasteiger partial charge in [0.15, 0.2) is 6.61 Å². The van der Waals surface area contributed by atoms with Crippen LogP contribution in [0.3, 0.4) is 0 Å². The zero-order valence-electron chi connectivity index (χ0n) is 16.0. The number of nitrogens with one attached hydrogen (secondary N) is 1. The molecule has 2 aliphatic carbocycles. The van der Waals surface area contributed by atoms with E-state index >= 15 is 0 Å².